The Bertz CT molecular complexity index is 736. The first-order valence-electron chi connectivity index (χ1n) is 7.29. The maximum atomic E-state index is 11.1. The molecule has 1 rings (SSSR count). The molecule has 0 saturated heterocycles. The van der Waals surface area contributed by atoms with Crippen LogP contribution >= 0.6 is 12.6 Å². The maximum Gasteiger partial charge on any atom is 0.490 e. The van der Waals surface area contributed by atoms with Crippen molar-refractivity contribution in [2.45, 2.75) is 17.5 Å². The van der Waals surface area contributed by atoms with Crippen molar-refractivity contribution in [3.63, 3.8) is 0 Å². The van der Waals surface area contributed by atoms with E-state index in [4.69, 9.17) is 24.5 Å². The number of ether oxygens (including phenoxy) is 2. The fraction of sp³-hybridized carbons (Fsp3) is 0.429. The summed E-state index contributed by atoms with van der Waals surface area (Å²) in [7, 11) is 2.84. The molecule has 15 heteroatoms. The summed E-state index contributed by atoms with van der Waals surface area (Å²) in [5.41, 5.74) is 0.373. The number of aliphatic carboxylic acids is 2. The second kappa shape index (κ2) is 12.4. The SMILES string of the molecule is COc1cc(C[Se]NC(CS)C(=O)O)c([N+](=O)[O-])cc1OC.O=C(O)C(F)(F)F. The summed E-state index contributed by atoms with van der Waals surface area (Å²) in [4.78, 5) is 30.4. The van der Waals surface area contributed by atoms with E-state index in [-0.39, 0.29) is 32.4 Å². The number of alkyl halides is 3. The summed E-state index contributed by atoms with van der Waals surface area (Å²) >= 11 is 3.61. The molecular weight excluding hydrogens is 492 g/mol. The third-order valence-electron chi connectivity index (χ3n) is 2.96. The normalized spacial score (nSPS) is 11.7. The number of thiol groups is 1. The molecule has 10 nitrogen and oxygen atoms in total. The van der Waals surface area contributed by atoms with Gasteiger partial charge in [-0.05, 0) is 0 Å². The van der Waals surface area contributed by atoms with Crippen LogP contribution in [0.1, 0.15) is 5.56 Å². The first-order chi connectivity index (χ1) is 13.4. The molecule has 0 aromatic heterocycles. The van der Waals surface area contributed by atoms with Gasteiger partial charge in [-0.15, -0.1) is 0 Å². The van der Waals surface area contributed by atoms with Gasteiger partial charge in [0.05, 0.1) is 0 Å². The van der Waals surface area contributed by atoms with Gasteiger partial charge in [0.2, 0.25) is 0 Å². The molecule has 1 atom stereocenters. The molecule has 164 valence electrons. The van der Waals surface area contributed by atoms with Gasteiger partial charge >= 0.3 is 151 Å². The molecule has 1 aromatic carbocycles. The van der Waals surface area contributed by atoms with Gasteiger partial charge in [-0.25, -0.2) is 4.79 Å². The number of hydrogen-bond donors (Lipinski definition) is 4. The molecule has 0 radical (unpaired) electrons. The predicted molar refractivity (Wildman–Crippen MR) is 97.8 cm³/mol. The Hall–Kier alpha value is -2.22. The van der Waals surface area contributed by atoms with Gasteiger partial charge in [-0.3, -0.25) is 0 Å². The van der Waals surface area contributed by atoms with Gasteiger partial charge in [0, 0.05) is 0 Å². The molecule has 0 amide bonds. The van der Waals surface area contributed by atoms with Gasteiger partial charge in [0.25, 0.3) is 0 Å². The zero-order valence-corrected chi connectivity index (χ0v) is 17.5. The van der Waals surface area contributed by atoms with Crippen LogP contribution < -0.4 is 13.8 Å². The van der Waals surface area contributed by atoms with Crippen LogP contribution in [0.15, 0.2) is 12.1 Å². The van der Waals surface area contributed by atoms with Crippen LogP contribution in [-0.4, -0.2) is 74.4 Å². The fourth-order valence-corrected chi connectivity index (χ4v) is 3.90. The number of nitrogens with one attached hydrogen (secondary N) is 1. The average Bonchev–Trinajstić information content (AvgIpc) is 2.63. The fourth-order valence-electron chi connectivity index (χ4n) is 1.58. The molecule has 1 aromatic rings. The van der Waals surface area contributed by atoms with E-state index in [1.165, 1.54) is 26.4 Å². The second-order valence-corrected chi connectivity index (χ2v) is 6.95. The molecule has 0 saturated carbocycles. The number of rotatable bonds is 9. The largest absolute Gasteiger partial charge is 0.490 e. The number of carbonyl (C=O) groups is 2. The molecular formula is C14H17F3N2O8SSe. The summed E-state index contributed by atoms with van der Waals surface area (Å²) in [6.07, 6.45) is -5.08. The van der Waals surface area contributed by atoms with Gasteiger partial charge in [0.15, 0.2) is 0 Å². The van der Waals surface area contributed by atoms with Gasteiger partial charge in [-0.1, -0.05) is 0 Å². The number of halogens is 3. The zero-order valence-electron chi connectivity index (χ0n) is 14.9. The molecule has 0 aliphatic heterocycles. The van der Waals surface area contributed by atoms with Crippen molar-refractivity contribution < 1.29 is 47.4 Å². The van der Waals surface area contributed by atoms with E-state index in [1.807, 2.05) is 0 Å². The molecule has 3 N–H and O–H groups in total. The number of benzene rings is 1. The standard InChI is InChI=1S/C12H16N2O6SSe.C2HF3O2/c1-19-10-3-7(6-22-13-8(5-21)12(15)16)9(14(17)18)4-11(10)20-2;3-2(4,5)1(6)7/h3-4,8,13,21H,5-6H2,1-2H3,(H,15,16);(H,6,7). The summed E-state index contributed by atoms with van der Waals surface area (Å²) in [6, 6.07) is 2.07. The minimum absolute atomic E-state index is 0.0842. The number of nitro benzene ring substituents is 1. The van der Waals surface area contributed by atoms with Crippen LogP contribution in [0.4, 0.5) is 18.9 Å². The van der Waals surface area contributed by atoms with Crippen molar-refractivity contribution >= 4 is 45.4 Å². The van der Waals surface area contributed by atoms with Crippen LogP contribution in [0.5, 0.6) is 11.5 Å². The Balaban J connectivity index is 0.000000956. The zero-order chi connectivity index (χ0) is 22.8. The Kier molecular flexibility index (Phi) is 11.4. The van der Waals surface area contributed by atoms with Crippen LogP contribution in [0.3, 0.4) is 0 Å². The van der Waals surface area contributed by atoms with Gasteiger partial charge in [-0.2, -0.15) is 13.2 Å². The Labute approximate surface area is 174 Å². The van der Waals surface area contributed by atoms with Crippen molar-refractivity contribution in [2.75, 3.05) is 20.0 Å². The van der Waals surface area contributed by atoms with Crippen molar-refractivity contribution in [1.29, 1.82) is 0 Å². The Morgan fingerprint density at radius 2 is 1.76 bits per heavy atom. The van der Waals surface area contributed by atoms with Gasteiger partial charge in [0.1, 0.15) is 0 Å². The van der Waals surface area contributed by atoms with E-state index in [2.05, 4.69) is 17.0 Å². The topological polar surface area (TPSA) is 148 Å². The van der Waals surface area contributed by atoms with Crippen molar-refractivity contribution in [1.82, 2.24) is 4.33 Å². The minimum Gasteiger partial charge on any atom is -0.475 e. The first kappa shape index (κ1) is 26.8. The Morgan fingerprint density at radius 3 is 2.10 bits per heavy atom. The maximum absolute atomic E-state index is 11.1. The Morgan fingerprint density at radius 1 is 1.28 bits per heavy atom. The van der Waals surface area contributed by atoms with Crippen molar-refractivity contribution in [3.8, 4) is 11.5 Å². The molecule has 0 aliphatic rings. The first-order valence-corrected chi connectivity index (χ1v) is 9.99. The molecule has 1 unspecified atom stereocenters. The van der Waals surface area contributed by atoms with Crippen molar-refractivity contribution in [3.05, 3.63) is 27.8 Å². The van der Waals surface area contributed by atoms with E-state index in [1.54, 1.807) is 0 Å². The summed E-state index contributed by atoms with van der Waals surface area (Å²) in [5, 5.41) is 27.5. The monoisotopic (exact) mass is 510 g/mol. The minimum atomic E-state index is -5.08. The van der Waals surface area contributed by atoms with Crippen LogP contribution in [0.25, 0.3) is 0 Å². The number of nitro groups is 1. The summed E-state index contributed by atoms with van der Waals surface area (Å²) in [5.74, 6) is -2.95. The van der Waals surface area contributed by atoms with E-state index in [9.17, 15) is 28.1 Å². The van der Waals surface area contributed by atoms with Crippen LogP contribution in [-0.2, 0) is 14.9 Å². The average molecular weight is 509 g/mol. The predicted octanol–water partition coefficient (Wildman–Crippen LogP) is 1.34. The molecule has 0 bridgehead atoms. The molecule has 29 heavy (non-hydrogen) atoms. The molecule has 0 heterocycles. The van der Waals surface area contributed by atoms with Crippen molar-refractivity contribution in [2.24, 2.45) is 0 Å². The number of nitrogens with zero attached hydrogens (tertiary/aromatic N) is 1. The summed E-state index contributed by atoms with van der Waals surface area (Å²) in [6.45, 7) is 0. The van der Waals surface area contributed by atoms with Crippen LogP contribution in [0.2, 0.25) is 0 Å². The number of methoxy groups -OCH3 is 2. The van der Waals surface area contributed by atoms with E-state index in [0.717, 1.165) is 0 Å². The molecule has 0 spiro atoms. The third-order valence-corrected chi connectivity index (χ3v) is 5.23. The smallest absolute Gasteiger partial charge is 0.475 e. The van der Waals surface area contributed by atoms with E-state index >= 15 is 0 Å². The number of carboxylic acids is 2. The van der Waals surface area contributed by atoms with E-state index < -0.39 is 29.1 Å². The van der Waals surface area contributed by atoms with Crippen LogP contribution in [0, 0.1) is 10.1 Å². The van der Waals surface area contributed by atoms with Gasteiger partial charge < -0.3 is 5.11 Å². The number of carboxylic acid groups (broad SMARTS) is 2. The quantitative estimate of drug-likeness (QED) is 0.168. The summed E-state index contributed by atoms with van der Waals surface area (Å²) < 4.78 is 44.8. The second-order valence-electron chi connectivity index (χ2n) is 4.88. The van der Waals surface area contributed by atoms with E-state index in [0.29, 0.717) is 16.6 Å². The number of hydrogen-bond acceptors (Lipinski definition) is 8. The molecule has 0 fully saturated rings. The molecule has 0 aliphatic carbocycles. The third kappa shape index (κ3) is 9.21.